The molecular weight excluding hydrogens is 397 g/mol. The number of amides is 2. The number of likely N-dealkylation sites (tertiary alicyclic amines) is 2. The largest absolute Gasteiger partial charge is 0.344 e. The maximum Gasteiger partial charge on any atom is 0.344 e. The van der Waals surface area contributed by atoms with Crippen molar-refractivity contribution >= 4 is 17.8 Å². The lowest BCUT2D eigenvalue weighted by Gasteiger charge is -2.45. The molecule has 2 saturated heterocycles. The van der Waals surface area contributed by atoms with Crippen LogP contribution < -0.4 is 5.32 Å². The summed E-state index contributed by atoms with van der Waals surface area (Å²) >= 11 is 0. The molecule has 1 aromatic carbocycles. The summed E-state index contributed by atoms with van der Waals surface area (Å²) in [6.45, 7) is 6.59. The molecule has 7 nitrogen and oxygen atoms in total. The van der Waals surface area contributed by atoms with Crippen LogP contribution in [0.25, 0.3) is 0 Å². The summed E-state index contributed by atoms with van der Waals surface area (Å²) in [5, 5.41) is 6.75. The fraction of sp³-hybridized carbons (Fsp3) is 0.522. The fourth-order valence-corrected chi connectivity index (χ4v) is 4.96. The van der Waals surface area contributed by atoms with Gasteiger partial charge < -0.3 is 10.2 Å². The quantitative estimate of drug-likeness (QED) is 0.809. The predicted octanol–water partition coefficient (Wildman–Crippen LogP) is 3.64. The van der Waals surface area contributed by atoms with Crippen molar-refractivity contribution in [2.24, 2.45) is 0 Å². The molecule has 0 saturated carbocycles. The Morgan fingerprint density at radius 2 is 1.94 bits per heavy atom. The lowest BCUT2D eigenvalue weighted by molar-refractivity contribution is -0.114. The average molecular weight is 428 g/mol. The summed E-state index contributed by atoms with van der Waals surface area (Å²) in [6, 6.07) is 6.92. The first kappa shape index (κ1) is 21.5. The van der Waals surface area contributed by atoms with Gasteiger partial charge in [0, 0.05) is 44.4 Å². The number of hydrogen-bond donors (Lipinski definition) is 1. The van der Waals surface area contributed by atoms with Crippen molar-refractivity contribution in [1.29, 1.82) is 0 Å². The van der Waals surface area contributed by atoms with Crippen molar-refractivity contribution in [2.45, 2.75) is 58.0 Å². The Kier molecular flexibility index (Phi) is 6.09. The Balaban J connectivity index is 1.40. The van der Waals surface area contributed by atoms with Crippen LogP contribution in [0.15, 0.2) is 30.5 Å². The maximum absolute atomic E-state index is 13.9. The zero-order chi connectivity index (χ0) is 22.0. The van der Waals surface area contributed by atoms with Crippen LogP contribution in [0.2, 0.25) is 0 Å². The molecule has 2 fully saturated rings. The highest BCUT2D eigenvalue weighted by atomic mass is 19.1. The first-order valence-corrected chi connectivity index (χ1v) is 11.0. The molecule has 166 valence electrons. The van der Waals surface area contributed by atoms with E-state index in [9.17, 15) is 14.0 Å². The van der Waals surface area contributed by atoms with Gasteiger partial charge in [0.1, 0.15) is 5.82 Å². The molecule has 0 unspecified atom stereocenters. The topological polar surface area (TPSA) is 70.5 Å². The van der Waals surface area contributed by atoms with E-state index in [-0.39, 0.29) is 23.3 Å². The summed E-state index contributed by atoms with van der Waals surface area (Å²) in [5.74, 6) is 0.0303. The Morgan fingerprint density at radius 3 is 2.65 bits per heavy atom. The number of nitrogens with one attached hydrogen (secondary N) is 1. The van der Waals surface area contributed by atoms with Gasteiger partial charge in [0.05, 0.1) is 0 Å². The number of benzene rings is 1. The van der Waals surface area contributed by atoms with Crippen molar-refractivity contribution in [2.75, 3.05) is 25.0 Å². The zero-order valence-corrected chi connectivity index (χ0v) is 18.2. The summed E-state index contributed by atoms with van der Waals surface area (Å²) in [6.07, 6.45) is 6.39. The summed E-state index contributed by atoms with van der Waals surface area (Å²) < 4.78 is 15.2. The Hall–Kier alpha value is -2.74. The lowest BCUT2D eigenvalue weighted by Crippen LogP contribution is -2.53. The van der Waals surface area contributed by atoms with E-state index >= 15 is 0 Å². The van der Waals surface area contributed by atoms with E-state index in [1.54, 1.807) is 18.3 Å². The Bertz CT molecular complexity index is 965. The third-order valence-corrected chi connectivity index (χ3v) is 6.66. The summed E-state index contributed by atoms with van der Waals surface area (Å²) in [7, 11) is 0. The van der Waals surface area contributed by atoms with Gasteiger partial charge >= 0.3 is 6.03 Å². The van der Waals surface area contributed by atoms with E-state index in [4.69, 9.17) is 0 Å². The highest BCUT2D eigenvalue weighted by molar-refractivity contribution is 5.87. The van der Waals surface area contributed by atoms with E-state index in [0.29, 0.717) is 25.3 Å². The van der Waals surface area contributed by atoms with Crippen molar-refractivity contribution in [3.63, 3.8) is 0 Å². The van der Waals surface area contributed by atoms with E-state index in [0.717, 1.165) is 49.9 Å². The summed E-state index contributed by atoms with van der Waals surface area (Å²) in [5.41, 5.74) is 2.02. The van der Waals surface area contributed by atoms with Crippen LogP contribution in [-0.4, -0.2) is 56.7 Å². The first-order chi connectivity index (χ1) is 14.9. The van der Waals surface area contributed by atoms with E-state index < -0.39 is 0 Å². The number of aryl methyl sites for hydroxylation is 1. The minimum absolute atomic E-state index is 0.100. The van der Waals surface area contributed by atoms with Crippen LogP contribution in [0.3, 0.4) is 0 Å². The van der Waals surface area contributed by atoms with Gasteiger partial charge in [0.15, 0.2) is 5.82 Å². The minimum atomic E-state index is -0.217. The van der Waals surface area contributed by atoms with Crippen molar-refractivity contribution in [3.05, 3.63) is 47.4 Å². The second kappa shape index (κ2) is 8.78. The molecule has 2 aliphatic heterocycles. The maximum atomic E-state index is 13.9. The molecule has 31 heavy (non-hydrogen) atoms. The molecule has 0 bridgehead atoms. The van der Waals surface area contributed by atoms with E-state index in [1.807, 2.05) is 24.0 Å². The highest BCUT2D eigenvalue weighted by Gasteiger charge is 2.43. The van der Waals surface area contributed by atoms with Gasteiger partial charge in [0.25, 0.3) is 0 Å². The van der Waals surface area contributed by atoms with E-state index in [1.165, 1.54) is 11.6 Å². The molecule has 1 spiro atoms. The van der Waals surface area contributed by atoms with Crippen LogP contribution in [0.1, 0.15) is 50.7 Å². The lowest BCUT2D eigenvalue weighted by atomic mass is 9.84. The molecule has 1 N–H and O–H groups in total. The van der Waals surface area contributed by atoms with Gasteiger partial charge in [-0.15, -0.1) is 5.10 Å². The third kappa shape index (κ3) is 4.49. The third-order valence-electron chi connectivity index (χ3n) is 6.66. The summed E-state index contributed by atoms with van der Waals surface area (Å²) in [4.78, 5) is 28.4. The van der Waals surface area contributed by atoms with Gasteiger partial charge in [-0.05, 0) is 55.8 Å². The minimum Gasteiger partial charge on any atom is -0.323 e. The molecule has 3 heterocycles. The normalized spacial score (nSPS) is 18.5. The van der Waals surface area contributed by atoms with Gasteiger partial charge in [0.2, 0.25) is 5.91 Å². The number of anilines is 1. The Labute approximate surface area is 182 Å². The number of halogens is 1. The molecule has 2 aliphatic rings. The number of nitrogens with zero attached hydrogens (tertiary/aromatic N) is 4. The van der Waals surface area contributed by atoms with Crippen LogP contribution >= 0.6 is 0 Å². The van der Waals surface area contributed by atoms with Crippen LogP contribution in [-0.2, 0) is 17.8 Å². The molecule has 2 aromatic rings. The smallest absolute Gasteiger partial charge is 0.323 e. The number of piperidine rings is 1. The SMILES string of the molecule is CCc1cc(CN2CCCC23CCN(C(=O)n2ccc(NC(C)=O)n2)CC3)ccc1F. The van der Waals surface area contributed by atoms with Crippen LogP contribution in [0.4, 0.5) is 15.0 Å². The number of hydrogen-bond acceptors (Lipinski definition) is 4. The molecule has 0 aliphatic carbocycles. The average Bonchev–Trinajstić information content (AvgIpc) is 3.36. The van der Waals surface area contributed by atoms with Crippen molar-refractivity contribution in [1.82, 2.24) is 19.6 Å². The molecule has 4 rings (SSSR count). The highest BCUT2D eigenvalue weighted by Crippen LogP contribution is 2.39. The predicted molar refractivity (Wildman–Crippen MR) is 116 cm³/mol. The van der Waals surface area contributed by atoms with Gasteiger partial charge in [-0.1, -0.05) is 19.1 Å². The number of rotatable bonds is 4. The second-order valence-corrected chi connectivity index (χ2v) is 8.63. The van der Waals surface area contributed by atoms with E-state index in [2.05, 4.69) is 15.3 Å². The number of carbonyl (C=O) groups excluding carboxylic acids is 2. The standard InChI is InChI=1S/C23H30FN5O2/c1-3-19-15-18(5-6-20(19)24)16-28-11-4-8-23(28)9-13-27(14-10-23)22(31)29-12-7-21(26-29)25-17(2)30/h5-7,12,15H,3-4,8-11,13-14,16H2,1-2H3,(H,25,26,30). The van der Waals surface area contributed by atoms with Gasteiger partial charge in [-0.25, -0.2) is 9.18 Å². The molecule has 1 aromatic heterocycles. The zero-order valence-electron chi connectivity index (χ0n) is 18.2. The monoisotopic (exact) mass is 427 g/mol. The number of aromatic nitrogens is 2. The van der Waals surface area contributed by atoms with Gasteiger partial charge in [-0.2, -0.15) is 4.68 Å². The molecule has 0 atom stereocenters. The molecule has 0 radical (unpaired) electrons. The number of carbonyl (C=O) groups is 2. The molecule has 2 amide bonds. The van der Waals surface area contributed by atoms with Gasteiger partial charge in [-0.3, -0.25) is 9.69 Å². The van der Waals surface area contributed by atoms with Crippen molar-refractivity contribution in [3.8, 4) is 0 Å². The van der Waals surface area contributed by atoms with Crippen LogP contribution in [0, 0.1) is 5.82 Å². The van der Waals surface area contributed by atoms with Crippen molar-refractivity contribution < 1.29 is 14.0 Å². The fourth-order valence-electron chi connectivity index (χ4n) is 4.96. The van der Waals surface area contributed by atoms with Crippen LogP contribution in [0.5, 0.6) is 0 Å². The molecule has 8 heteroatoms. The Morgan fingerprint density at radius 1 is 1.16 bits per heavy atom. The molecular formula is C23H30FN5O2. The first-order valence-electron chi connectivity index (χ1n) is 11.0. The second-order valence-electron chi connectivity index (χ2n) is 8.63.